The van der Waals surface area contributed by atoms with Crippen LogP contribution in [0.25, 0.3) is 21.5 Å². The first kappa shape index (κ1) is 90.1. The molecule has 8 aromatic rings. The van der Waals surface area contributed by atoms with E-state index in [-0.39, 0.29) is 76.1 Å². The van der Waals surface area contributed by atoms with Gasteiger partial charge in [-0.3, -0.25) is 53.3 Å². The summed E-state index contributed by atoms with van der Waals surface area (Å²) in [6.07, 6.45) is 2.02. The fourth-order valence-corrected chi connectivity index (χ4v) is 15.1. The summed E-state index contributed by atoms with van der Waals surface area (Å²) < 4.78 is 43.4. The number of phenolic OH excluding ortho intramolecular Hbond substituents is 1. The van der Waals surface area contributed by atoms with Gasteiger partial charge in [-0.25, -0.2) is 18.3 Å². The number of carbonyl (C=O) groups excluding carboxylic acids is 10. The Morgan fingerprint density at radius 2 is 1.09 bits per heavy atom. The highest BCUT2D eigenvalue weighted by molar-refractivity contribution is 6.03. The number of aromatic hydroxyl groups is 1. The number of carboxylic acid groups (broad SMARTS) is 1. The van der Waals surface area contributed by atoms with Crippen LogP contribution < -0.4 is 62.6 Å². The summed E-state index contributed by atoms with van der Waals surface area (Å²) >= 11 is 0. The normalized spacial score (nSPS) is 21.1. The quantitative estimate of drug-likeness (QED) is 0.0479. The molecule has 7 heterocycles. The second-order valence-corrected chi connectivity index (χ2v) is 33.7. The number of hydrogen-bond donors (Lipinski definition) is 12. The molecule has 10 amide bonds. The predicted octanol–water partition coefficient (Wildman–Crippen LogP) is 6.20. The molecule has 0 aliphatic carbocycles. The maximum atomic E-state index is 15.5. The molecule has 30 nitrogen and oxygen atoms in total. The third-order valence-electron chi connectivity index (χ3n) is 22.4. The van der Waals surface area contributed by atoms with Crippen LogP contribution in [0.5, 0.6) is 17.2 Å². The number of amides is 10. The Bertz CT molecular complexity index is 5200. The third kappa shape index (κ3) is 22.9. The fourth-order valence-electron chi connectivity index (χ4n) is 15.1. The van der Waals surface area contributed by atoms with Gasteiger partial charge in [0.15, 0.2) is 17.4 Å². The Kier molecular flexibility index (Phi) is 29.3. The first-order valence-corrected chi connectivity index (χ1v) is 40.7. The number of hydrogen-bond acceptors (Lipinski definition) is 19. The Hall–Kier alpha value is -12.7. The van der Waals surface area contributed by atoms with Crippen molar-refractivity contribution in [3.8, 4) is 17.2 Å². The average Bonchev–Trinajstić information content (AvgIpc) is 1.61. The number of likely N-dealkylation sites (tertiary alicyclic amines) is 2. The van der Waals surface area contributed by atoms with Crippen LogP contribution in [0.2, 0.25) is 0 Å². The number of imide groups is 1. The lowest BCUT2D eigenvalue weighted by Gasteiger charge is -2.37. The first-order valence-electron chi connectivity index (χ1n) is 40.7. The molecule has 0 saturated carbocycles. The summed E-state index contributed by atoms with van der Waals surface area (Å²) in [5, 5.41) is 61.4. The van der Waals surface area contributed by atoms with E-state index in [9.17, 15) is 43.0 Å². The molecular weight excluding hydrogens is 1570 g/mol. The maximum Gasteiger partial charge on any atom is 0.326 e. The summed E-state index contributed by atoms with van der Waals surface area (Å²) in [6, 6.07) is 27.6. The zero-order valence-electron chi connectivity index (χ0n) is 70.1. The van der Waals surface area contributed by atoms with Gasteiger partial charge in [0.05, 0.1) is 36.3 Å². The third-order valence-corrected chi connectivity index (χ3v) is 22.4. The predicted molar refractivity (Wildman–Crippen MR) is 450 cm³/mol. The van der Waals surface area contributed by atoms with Gasteiger partial charge in [0.2, 0.25) is 53.2 Å². The van der Waals surface area contributed by atoms with Crippen LogP contribution in [0.3, 0.4) is 0 Å². The number of nitrogens with one attached hydrogen (secondary N) is 10. The number of likely N-dealkylation sites (N-methyl/N-ethyl adjacent to an activating group) is 2. The minimum Gasteiger partial charge on any atom is -0.503 e. The molecule has 32 heteroatoms. The molecule has 1 aromatic heterocycles. The van der Waals surface area contributed by atoms with Crippen LogP contribution in [-0.4, -0.2) is 194 Å². The first-order chi connectivity index (χ1) is 58.0. The highest BCUT2D eigenvalue weighted by Crippen LogP contribution is 2.35. The van der Waals surface area contributed by atoms with Gasteiger partial charge in [0.1, 0.15) is 72.7 Å². The smallest absolute Gasteiger partial charge is 0.326 e. The largest absolute Gasteiger partial charge is 0.503 e. The Morgan fingerprint density at radius 3 is 1.63 bits per heavy atom. The second-order valence-electron chi connectivity index (χ2n) is 33.7. The Labute approximate surface area is 705 Å². The van der Waals surface area contributed by atoms with Crippen molar-refractivity contribution in [2.45, 2.75) is 187 Å². The number of nitrogens with zero attached hydrogens (tertiary/aromatic N) is 5. The lowest BCUT2D eigenvalue weighted by Crippen LogP contribution is -2.63. The monoisotopic (exact) mass is 1680 g/mol. The molecule has 2 saturated heterocycles. The van der Waals surface area contributed by atoms with Crippen molar-refractivity contribution < 1.29 is 81.2 Å². The fraction of sp³-hybridized carbons (Fsp3) is 0.411. The molecule has 6 aliphatic rings. The van der Waals surface area contributed by atoms with Crippen molar-refractivity contribution in [2.24, 2.45) is 16.7 Å². The number of fused-ring (bicyclic) bond motifs is 2. The SMILES string of the molecule is CN[C@@H](C)C(=O)N[C@H](C(=O)N1CC[C@@H]2[C@H]1C(=O)NC(=O)C[C@@H](Cc1ccc3ccccc3c1)C(=O)N[C@H](C(=O)NCc1cc(F)c(O)c(F)c1)Cc1ccc(cc1)OCC(C)=CN[C@@H]1CCN(C(=O)[C@@H](NC(=O)[C@H](C)NC)C(C)(C)C)[C@@H]1C(=O)N[C@@H](Cc1ccc3ccccc3c1)C(=O)N[C@H](C(=O)O)Cc1ccc(cc1)OCc1cn2nn1)C(C)(C)C. The van der Waals surface area contributed by atoms with E-state index in [4.69, 9.17) is 9.47 Å². The molecule has 12 N–H and O–H groups in total. The molecule has 12 atom stereocenters. The number of ether oxygens (including phenoxy) is 2. The molecule has 6 aliphatic heterocycles. The number of rotatable bonds is 16. The van der Waals surface area contributed by atoms with Crippen LogP contribution in [0, 0.1) is 28.4 Å². The number of phenols is 1. The molecule has 0 spiro atoms. The molecule has 14 rings (SSSR count). The lowest BCUT2D eigenvalue weighted by atomic mass is 9.85. The zero-order valence-corrected chi connectivity index (χ0v) is 70.1. The molecule has 122 heavy (non-hydrogen) atoms. The zero-order chi connectivity index (χ0) is 88.0. The van der Waals surface area contributed by atoms with Crippen LogP contribution in [0.4, 0.5) is 8.78 Å². The van der Waals surface area contributed by atoms with Gasteiger partial charge in [0, 0.05) is 45.3 Å². The highest BCUT2D eigenvalue weighted by Gasteiger charge is 2.50. The van der Waals surface area contributed by atoms with Gasteiger partial charge in [-0.2, -0.15) is 0 Å². The molecule has 6 bridgehead atoms. The summed E-state index contributed by atoms with van der Waals surface area (Å²) in [5.41, 5.74) is 1.05. The minimum absolute atomic E-state index is 0.0166. The summed E-state index contributed by atoms with van der Waals surface area (Å²) in [5.74, 6) is -13.3. The van der Waals surface area contributed by atoms with Crippen molar-refractivity contribution in [2.75, 3.05) is 33.8 Å². The molecule has 2 fully saturated rings. The van der Waals surface area contributed by atoms with Gasteiger partial charge >= 0.3 is 5.97 Å². The van der Waals surface area contributed by atoms with Crippen molar-refractivity contribution >= 4 is 86.6 Å². The lowest BCUT2D eigenvalue weighted by molar-refractivity contribution is -0.146. The molecule has 0 unspecified atom stereocenters. The number of halogens is 2. The minimum atomic E-state index is -1.56. The van der Waals surface area contributed by atoms with Crippen molar-refractivity contribution in [3.63, 3.8) is 0 Å². The van der Waals surface area contributed by atoms with E-state index in [1.165, 1.54) is 20.7 Å². The standard InChI is InChI=1S/C90H107F2N15O15/c1-50-45-95-68-32-34-105(86(117)77(89(4,5)6)101-79(110)51(2)93-10)74(68)84(115)98-70(43-56-21-27-59-17-13-15-19-61(59)37-56)83(114)99-71(88(119)120)42-54-24-30-65(31-25-54)122-49-63-47-107(104-103-63)72-33-35-106(87(118)78(90(7,8)9)102-80(111)52(3)94-11)75(72)85(116)100-73(108)44-62(38-55-20-26-58-16-12-14-18-60(58)36-55)81(112)97-69(41-53-22-28-64(29-23-53)121-48-50)82(113)96-46-57-39-66(91)76(109)67(92)40-57/h12-31,36-37,39-40,45,47,51-52,62,68-72,74-75,77-78,93-95,109H,32-35,38,41-44,46,48-49H2,1-11H3,(H,96,113)(H,97,112)(H,98,115)(H,99,114)(H,101,110)(H,102,111)(H,119,120)(H,100,108,116)/t51-,52-,62+,68+,69-,70-,71-,72+,74-,75-,77+,78+/m0/s1. The van der Waals surface area contributed by atoms with E-state index in [0.717, 1.165) is 33.7 Å². The summed E-state index contributed by atoms with van der Waals surface area (Å²) in [4.78, 5) is 164. The van der Waals surface area contributed by atoms with Crippen LogP contribution >= 0.6 is 0 Å². The Morgan fingerprint density at radius 1 is 0.582 bits per heavy atom. The van der Waals surface area contributed by atoms with Gasteiger partial charge in [0.25, 0.3) is 5.91 Å². The van der Waals surface area contributed by atoms with E-state index in [1.807, 2.05) is 72.8 Å². The van der Waals surface area contributed by atoms with E-state index in [2.05, 4.69) is 63.5 Å². The van der Waals surface area contributed by atoms with Crippen LogP contribution in [-0.2, 0) is 91.6 Å². The van der Waals surface area contributed by atoms with Gasteiger partial charge in [-0.1, -0.05) is 156 Å². The number of carboxylic acids is 1. The summed E-state index contributed by atoms with van der Waals surface area (Å²) in [6.45, 7) is 14.8. The van der Waals surface area contributed by atoms with Crippen molar-refractivity contribution in [3.05, 3.63) is 209 Å². The van der Waals surface area contributed by atoms with E-state index < -0.39 is 179 Å². The van der Waals surface area contributed by atoms with E-state index >= 15 is 28.8 Å². The molecule has 646 valence electrons. The summed E-state index contributed by atoms with van der Waals surface area (Å²) in [7, 11) is 3.19. The molecular formula is C90H107F2N15O15. The number of carbonyl (C=O) groups is 11. The maximum absolute atomic E-state index is 15.5. The Balaban J connectivity index is 0.953. The number of benzene rings is 7. The number of aliphatic carboxylic acids is 1. The van der Waals surface area contributed by atoms with Gasteiger partial charge in [-0.05, 0) is 162 Å². The van der Waals surface area contributed by atoms with Gasteiger partial charge in [-0.15, -0.1) is 5.10 Å². The van der Waals surface area contributed by atoms with Crippen LogP contribution in [0.15, 0.2) is 164 Å². The second kappa shape index (κ2) is 39.7. The topological polar surface area (TPSA) is 404 Å². The van der Waals surface area contributed by atoms with E-state index in [1.54, 1.807) is 143 Å². The van der Waals surface area contributed by atoms with E-state index in [0.29, 0.717) is 39.3 Å². The molecule has 0 radical (unpaired) electrons. The van der Waals surface area contributed by atoms with Crippen molar-refractivity contribution in [1.82, 2.24) is 78.0 Å². The van der Waals surface area contributed by atoms with Crippen LogP contribution in [0.1, 0.15) is 121 Å². The highest BCUT2D eigenvalue weighted by atomic mass is 19.1. The average molecular weight is 1680 g/mol. The molecule has 7 aromatic carbocycles. The van der Waals surface area contributed by atoms with Crippen molar-refractivity contribution in [1.29, 1.82) is 0 Å². The number of aromatic nitrogens is 3. The van der Waals surface area contributed by atoms with Gasteiger partial charge < -0.3 is 77.3 Å².